The number of aromatic nitrogens is 6. The maximum absolute atomic E-state index is 10.4. The third-order valence-electron chi connectivity index (χ3n) is 5.47. The molecule has 0 aliphatic rings. The molecule has 0 aliphatic heterocycles. The minimum Gasteiger partial charge on any atom is -0.508 e. The Bertz CT molecular complexity index is 2090. The summed E-state index contributed by atoms with van der Waals surface area (Å²) in [5.41, 5.74) is 9.91. The zero-order valence-electron chi connectivity index (χ0n) is 28.3. The minimum atomic E-state index is -0.514. The summed E-state index contributed by atoms with van der Waals surface area (Å²) in [5.74, 6) is 1.42. The van der Waals surface area contributed by atoms with Gasteiger partial charge in [0.15, 0.2) is 0 Å². The van der Waals surface area contributed by atoms with Crippen LogP contribution in [0.3, 0.4) is 0 Å². The number of phenolic OH excluding ortho intramolecular Hbond substituents is 1. The van der Waals surface area contributed by atoms with Gasteiger partial charge >= 0.3 is 0 Å². The van der Waals surface area contributed by atoms with Crippen molar-refractivity contribution in [2.45, 2.75) is 14.4 Å². The van der Waals surface area contributed by atoms with Crippen LogP contribution in [0.25, 0.3) is 0 Å². The van der Waals surface area contributed by atoms with E-state index in [1.165, 1.54) is 117 Å². The Morgan fingerprint density at radius 2 is 0.912 bits per heavy atom. The molecule has 0 unspecified atom stereocenters. The first-order valence-corrected chi connectivity index (χ1v) is 15.9. The average molecular weight is 847 g/mol. The predicted molar refractivity (Wildman–Crippen MR) is 208 cm³/mol. The molecule has 5 N–H and O–H groups in total. The maximum atomic E-state index is 10.4. The molecule has 298 valence electrons. The van der Waals surface area contributed by atoms with Crippen LogP contribution in [0.15, 0.2) is 110 Å². The number of nitrogens with zero attached hydrogens (tertiary/aromatic N) is 9. The summed E-state index contributed by atoms with van der Waals surface area (Å²) in [7, 11) is 0. The average Bonchev–Trinajstić information content (AvgIpc) is 3.13. The van der Waals surface area contributed by atoms with Crippen LogP contribution in [-0.4, -0.2) is 55.7 Å². The molecule has 1 amide bonds. The van der Waals surface area contributed by atoms with Crippen molar-refractivity contribution in [3.8, 4) is 29.0 Å². The van der Waals surface area contributed by atoms with E-state index in [1.807, 2.05) is 0 Å². The first-order valence-electron chi connectivity index (χ1n) is 14.7. The van der Waals surface area contributed by atoms with E-state index in [-0.39, 0.29) is 58.9 Å². The fraction of sp³-hybridized carbons (Fsp3) is 0.0606. The van der Waals surface area contributed by atoms with Gasteiger partial charge < -0.3 is 26.0 Å². The van der Waals surface area contributed by atoms with Gasteiger partial charge in [0.2, 0.25) is 17.7 Å². The summed E-state index contributed by atoms with van der Waals surface area (Å²) in [6.45, 7) is 1.31. The first-order chi connectivity index (χ1) is 26.5. The van der Waals surface area contributed by atoms with Gasteiger partial charge in [-0.15, -0.1) is 0 Å². The number of nitrogen functional groups attached to an aromatic ring is 1. The van der Waals surface area contributed by atoms with Crippen molar-refractivity contribution in [1.82, 2.24) is 29.9 Å². The van der Waals surface area contributed by atoms with E-state index < -0.39 is 14.8 Å². The topological polar surface area (TPSA) is 315 Å². The van der Waals surface area contributed by atoms with E-state index in [9.17, 15) is 35.1 Å². The highest BCUT2D eigenvalue weighted by atomic mass is 35.5. The van der Waals surface area contributed by atoms with Crippen molar-refractivity contribution in [2.75, 3.05) is 5.73 Å². The summed E-state index contributed by atoms with van der Waals surface area (Å²) >= 11 is 16.5. The molecule has 0 spiro atoms. The van der Waals surface area contributed by atoms with E-state index in [4.69, 9.17) is 55.1 Å². The molecule has 24 heteroatoms. The second-order valence-electron chi connectivity index (χ2n) is 9.71. The van der Waals surface area contributed by atoms with Crippen LogP contribution in [0.4, 0.5) is 22.9 Å². The largest absolute Gasteiger partial charge is 0.508 e. The minimum absolute atomic E-state index is 0. The van der Waals surface area contributed by atoms with Crippen molar-refractivity contribution >= 4 is 63.6 Å². The quantitative estimate of drug-likeness (QED) is 0.0783. The lowest BCUT2D eigenvalue weighted by Gasteiger charge is -2.03. The number of nitro groups is 3. The molecule has 57 heavy (non-hydrogen) atoms. The Kier molecular flexibility index (Phi) is 20.8. The van der Waals surface area contributed by atoms with Crippen LogP contribution < -0.4 is 20.9 Å². The summed E-state index contributed by atoms with van der Waals surface area (Å²) in [5, 5.41) is 40.6. The van der Waals surface area contributed by atoms with Crippen LogP contribution in [0.1, 0.15) is 14.4 Å². The SMILES string of the molecule is C.CC(N)=O.Clc1cc(Cl)ncn1.Nc1cc(Oc2ccc([N+](=O)[O-])cc2)ncn1.O=[N+]([O-])c1ccc(O)cc1.O=[N+]([O-])c1ccc(Oc2cc(Cl)ncn2)cc1. The first kappa shape index (κ1) is 47.7. The fourth-order valence-electron chi connectivity index (χ4n) is 3.18. The molecule has 0 atom stereocenters. The zero-order valence-corrected chi connectivity index (χ0v) is 30.6. The number of rotatable bonds is 7. The van der Waals surface area contributed by atoms with E-state index in [1.54, 1.807) is 0 Å². The number of nitro benzene ring substituents is 3. The molecule has 3 aromatic heterocycles. The molecule has 0 bridgehead atoms. The van der Waals surface area contributed by atoms with Gasteiger partial charge in [-0.1, -0.05) is 42.2 Å². The van der Waals surface area contributed by atoms with Crippen molar-refractivity contribution in [3.63, 3.8) is 0 Å². The maximum Gasteiger partial charge on any atom is 0.269 e. The normalized spacial score (nSPS) is 9.26. The molecular formula is C33H30Cl3N11O10. The number of primary amides is 1. The Hall–Kier alpha value is -7.36. The molecule has 0 radical (unpaired) electrons. The smallest absolute Gasteiger partial charge is 0.269 e. The van der Waals surface area contributed by atoms with Gasteiger partial charge in [0.25, 0.3) is 17.1 Å². The molecule has 21 nitrogen and oxygen atoms in total. The molecule has 0 saturated heterocycles. The van der Waals surface area contributed by atoms with Gasteiger partial charge in [-0.3, -0.25) is 35.1 Å². The summed E-state index contributed by atoms with van der Waals surface area (Å²) in [4.78, 5) is 61.0. The van der Waals surface area contributed by atoms with Crippen LogP contribution in [0, 0.1) is 30.3 Å². The number of nitrogens with two attached hydrogens (primary N) is 2. The molecule has 6 rings (SSSR count). The number of halogens is 3. The fourth-order valence-corrected chi connectivity index (χ4v) is 3.67. The monoisotopic (exact) mass is 845 g/mol. The van der Waals surface area contributed by atoms with Crippen LogP contribution >= 0.6 is 34.8 Å². The molecule has 6 aromatic rings. The number of amides is 1. The Morgan fingerprint density at radius 1 is 0.596 bits per heavy atom. The van der Waals surface area contributed by atoms with Gasteiger partial charge in [-0.25, -0.2) is 29.9 Å². The number of hydrogen-bond acceptors (Lipinski definition) is 17. The third kappa shape index (κ3) is 20.1. The van der Waals surface area contributed by atoms with Gasteiger partial charge in [-0.2, -0.15) is 0 Å². The second kappa shape index (κ2) is 24.9. The number of anilines is 1. The lowest BCUT2D eigenvalue weighted by molar-refractivity contribution is -0.385. The molecule has 0 fully saturated rings. The number of phenols is 1. The highest BCUT2D eigenvalue weighted by Crippen LogP contribution is 2.24. The van der Waals surface area contributed by atoms with E-state index >= 15 is 0 Å². The predicted octanol–water partition coefficient (Wildman–Crippen LogP) is 7.80. The van der Waals surface area contributed by atoms with Crippen LogP contribution in [-0.2, 0) is 4.79 Å². The second-order valence-corrected chi connectivity index (χ2v) is 10.9. The van der Waals surface area contributed by atoms with E-state index in [0.717, 1.165) is 0 Å². The van der Waals surface area contributed by atoms with Crippen molar-refractivity contribution in [2.24, 2.45) is 5.73 Å². The Labute approximate surface area is 337 Å². The van der Waals surface area contributed by atoms with Crippen LogP contribution in [0.2, 0.25) is 15.5 Å². The summed E-state index contributed by atoms with van der Waals surface area (Å²) in [6, 6.07) is 20.7. The summed E-state index contributed by atoms with van der Waals surface area (Å²) in [6.07, 6.45) is 3.85. The highest BCUT2D eigenvalue weighted by molar-refractivity contribution is 6.33. The number of carbonyl (C=O) groups is 1. The van der Waals surface area contributed by atoms with Gasteiger partial charge in [0.05, 0.1) is 14.8 Å². The summed E-state index contributed by atoms with van der Waals surface area (Å²) < 4.78 is 10.7. The highest BCUT2D eigenvalue weighted by Gasteiger charge is 2.07. The Morgan fingerprint density at radius 3 is 1.23 bits per heavy atom. The molecular weight excluding hydrogens is 817 g/mol. The van der Waals surface area contributed by atoms with Crippen molar-refractivity contribution in [3.05, 3.63) is 156 Å². The third-order valence-corrected chi connectivity index (χ3v) is 6.09. The molecule has 3 aromatic carbocycles. The van der Waals surface area contributed by atoms with Gasteiger partial charge in [0, 0.05) is 61.5 Å². The number of non-ortho nitro benzene ring substituents is 3. The lowest BCUT2D eigenvalue weighted by atomic mass is 10.3. The molecule has 0 aliphatic carbocycles. The Balaban J connectivity index is 0.000000380. The van der Waals surface area contributed by atoms with Crippen molar-refractivity contribution in [1.29, 1.82) is 0 Å². The number of aromatic hydroxyl groups is 1. The van der Waals surface area contributed by atoms with Crippen LogP contribution in [0.5, 0.6) is 29.0 Å². The molecule has 0 saturated carbocycles. The van der Waals surface area contributed by atoms with Crippen molar-refractivity contribution < 1.29 is 34.1 Å². The van der Waals surface area contributed by atoms with Gasteiger partial charge in [-0.05, 0) is 36.4 Å². The number of hydrogen-bond donors (Lipinski definition) is 3. The lowest BCUT2D eigenvalue weighted by Crippen LogP contribution is -2.01. The standard InChI is InChI=1S/C10H6ClN3O3.C10H8N4O3.C6H5NO3.C4H2Cl2N2.C2H5NO.CH4/c2*11-9-5-10(13-6-12-9)17-8-3-1-7(2-4-8)14(15)16;8-6-3-1-5(2-4-6)7(9)10;5-3-1-4(6)8-2-7-3;1-2(3)4;/h1-6H;1-6H,(H2,11,12,13);1-4,8H;1-2H;1H3,(H2,3,4);1H4. The van der Waals surface area contributed by atoms with E-state index in [0.29, 0.717) is 21.8 Å². The number of carbonyl (C=O) groups excluding carboxylic acids is 1. The number of ether oxygens (including phenoxy) is 2. The number of benzene rings is 3. The zero-order chi connectivity index (χ0) is 41.6. The molecule has 3 heterocycles. The van der Waals surface area contributed by atoms with E-state index in [2.05, 4.69) is 35.6 Å². The van der Waals surface area contributed by atoms with Gasteiger partial charge in [0.1, 0.15) is 57.5 Å².